The highest BCUT2D eigenvalue weighted by molar-refractivity contribution is 5.92. The number of benzene rings is 6. The standard InChI is InChI=1S/C39H28N2/c1-4-12-29(13-5-1)30-20-24-35(25-21-30)41(34-17-8-3-9-18-34)36-26-22-31(23-27-36)37-28-33-16-10-11-19-38(33)40-39(37)32-14-6-2-7-15-32/h1-28H. The fourth-order valence-electron chi connectivity index (χ4n) is 5.40. The number of nitrogens with zero attached hydrogens (tertiary/aromatic N) is 2. The Hall–Kier alpha value is -5.47. The Morgan fingerprint density at radius 1 is 0.366 bits per heavy atom. The smallest absolute Gasteiger partial charge is 0.0788 e. The molecule has 0 fully saturated rings. The molecular weight excluding hydrogens is 496 g/mol. The maximum absolute atomic E-state index is 5.10. The predicted molar refractivity (Wildman–Crippen MR) is 173 cm³/mol. The summed E-state index contributed by atoms with van der Waals surface area (Å²) in [6.45, 7) is 0. The Balaban J connectivity index is 1.30. The number of para-hydroxylation sites is 2. The van der Waals surface area contributed by atoms with E-state index in [1.54, 1.807) is 0 Å². The zero-order valence-electron chi connectivity index (χ0n) is 22.6. The van der Waals surface area contributed by atoms with Gasteiger partial charge in [-0.15, -0.1) is 0 Å². The van der Waals surface area contributed by atoms with Gasteiger partial charge >= 0.3 is 0 Å². The second kappa shape index (κ2) is 11.0. The van der Waals surface area contributed by atoms with Gasteiger partial charge in [0.25, 0.3) is 0 Å². The molecule has 0 aliphatic heterocycles. The molecule has 0 aliphatic rings. The Bertz CT molecular complexity index is 1900. The number of fused-ring (bicyclic) bond motifs is 1. The second-order valence-electron chi connectivity index (χ2n) is 10.1. The largest absolute Gasteiger partial charge is 0.311 e. The Kier molecular flexibility index (Phi) is 6.56. The molecule has 0 atom stereocenters. The van der Waals surface area contributed by atoms with Crippen LogP contribution in [0.4, 0.5) is 17.1 Å². The molecule has 2 heteroatoms. The van der Waals surface area contributed by atoms with Gasteiger partial charge in [-0.3, -0.25) is 0 Å². The minimum atomic E-state index is 0.994. The molecule has 41 heavy (non-hydrogen) atoms. The summed E-state index contributed by atoms with van der Waals surface area (Å²) in [4.78, 5) is 7.40. The molecule has 6 aromatic carbocycles. The van der Waals surface area contributed by atoms with Crippen molar-refractivity contribution < 1.29 is 0 Å². The number of pyridine rings is 1. The predicted octanol–water partition coefficient (Wildman–Crippen LogP) is 10.7. The van der Waals surface area contributed by atoms with E-state index in [9.17, 15) is 0 Å². The van der Waals surface area contributed by atoms with Crippen LogP contribution >= 0.6 is 0 Å². The lowest BCUT2D eigenvalue weighted by Crippen LogP contribution is -2.09. The van der Waals surface area contributed by atoms with Crippen molar-refractivity contribution in [2.45, 2.75) is 0 Å². The molecule has 2 nitrogen and oxygen atoms in total. The zero-order valence-corrected chi connectivity index (χ0v) is 22.6. The Labute approximate surface area is 240 Å². The lowest BCUT2D eigenvalue weighted by molar-refractivity contribution is 1.28. The van der Waals surface area contributed by atoms with Crippen LogP contribution in [-0.2, 0) is 0 Å². The third-order valence-corrected chi connectivity index (χ3v) is 7.45. The highest BCUT2D eigenvalue weighted by Gasteiger charge is 2.15. The van der Waals surface area contributed by atoms with Gasteiger partial charge in [-0.1, -0.05) is 121 Å². The van der Waals surface area contributed by atoms with Crippen molar-refractivity contribution in [1.29, 1.82) is 0 Å². The van der Waals surface area contributed by atoms with E-state index < -0.39 is 0 Å². The molecule has 0 saturated carbocycles. The highest BCUT2D eigenvalue weighted by atomic mass is 15.1. The monoisotopic (exact) mass is 524 g/mol. The van der Waals surface area contributed by atoms with Crippen molar-refractivity contribution in [3.05, 3.63) is 170 Å². The van der Waals surface area contributed by atoms with Gasteiger partial charge in [0.1, 0.15) is 0 Å². The fourth-order valence-corrected chi connectivity index (χ4v) is 5.40. The number of hydrogen-bond acceptors (Lipinski definition) is 2. The van der Waals surface area contributed by atoms with E-state index in [0.29, 0.717) is 0 Å². The average Bonchev–Trinajstić information content (AvgIpc) is 3.06. The molecule has 0 unspecified atom stereocenters. The molecular formula is C39H28N2. The van der Waals surface area contributed by atoms with Crippen molar-refractivity contribution in [3.63, 3.8) is 0 Å². The second-order valence-corrected chi connectivity index (χ2v) is 10.1. The number of rotatable bonds is 6. The topological polar surface area (TPSA) is 16.1 Å². The first-order valence-electron chi connectivity index (χ1n) is 13.9. The van der Waals surface area contributed by atoms with E-state index in [0.717, 1.165) is 50.3 Å². The summed E-state index contributed by atoms with van der Waals surface area (Å²) in [5.74, 6) is 0. The maximum Gasteiger partial charge on any atom is 0.0788 e. The summed E-state index contributed by atoms with van der Waals surface area (Å²) < 4.78 is 0. The third-order valence-electron chi connectivity index (χ3n) is 7.45. The van der Waals surface area contributed by atoms with E-state index in [1.165, 1.54) is 11.1 Å². The van der Waals surface area contributed by atoms with E-state index in [4.69, 9.17) is 4.98 Å². The molecule has 1 aromatic heterocycles. The van der Waals surface area contributed by atoms with Gasteiger partial charge < -0.3 is 4.90 Å². The summed E-state index contributed by atoms with van der Waals surface area (Å²) >= 11 is 0. The first-order valence-corrected chi connectivity index (χ1v) is 13.9. The van der Waals surface area contributed by atoms with Crippen molar-refractivity contribution in [1.82, 2.24) is 4.98 Å². The summed E-state index contributed by atoms with van der Waals surface area (Å²) in [5.41, 5.74) is 11.1. The minimum Gasteiger partial charge on any atom is -0.311 e. The van der Waals surface area contributed by atoms with Crippen molar-refractivity contribution in [3.8, 4) is 33.5 Å². The van der Waals surface area contributed by atoms with E-state index in [1.807, 2.05) is 12.1 Å². The van der Waals surface area contributed by atoms with Gasteiger partial charge in [-0.2, -0.15) is 0 Å². The first-order chi connectivity index (χ1) is 20.3. The molecule has 0 spiro atoms. The van der Waals surface area contributed by atoms with Crippen molar-refractivity contribution in [2.75, 3.05) is 4.90 Å². The van der Waals surface area contributed by atoms with Crippen molar-refractivity contribution >= 4 is 28.0 Å². The van der Waals surface area contributed by atoms with Gasteiger partial charge in [0.15, 0.2) is 0 Å². The number of hydrogen-bond donors (Lipinski definition) is 0. The Morgan fingerprint density at radius 3 is 1.46 bits per heavy atom. The van der Waals surface area contributed by atoms with Crippen LogP contribution in [-0.4, -0.2) is 4.98 Å². The Morgan fingerprint density at radius 2 is 0.829 bits per heavy atom. The maximum atomic E-state index is 5.10. The third kappa shape index (κ3) is 4.99. The molecule has 0 amide bonds. The van der Waals surface area contributed by atoms with Crippen LogP contribution in [0.25, 0.3) is 44.4 Å². The van der Waals surface area contributed by atoms with Gasteiger partial charge in [-0.05, 0) is 65.2 Å². The van der Waals surface area contributed by atoms with Crippen LogP contribution in [0.2, 0.25) is 0 Å². The molecule has 194 valence electrons. The number of aromatic nitrogens is 1. The van der Waals surface area contributed by atoms with Crippen LogP contribution in [0.3, 0.4) is 0 Å². The molecule has 0 aliphatic carbocycles. The molecule has 7 rings (SSSR count). The van der Waals surface area contributed by atoms with Crippen LogP contribution in [0, 0.1) is 0 Å². The first kappa shape index (κ1) is 24.6. The van der Waals surface area contributed by atoms with E-state index in [-0.39, 0.29) is 0 Å². The highest BCUT2D eigenvalue weighted by Crippen LogP contribution is 2.38. The number of anilines is 3. The molecule has 1 heterocycles. The average molecular weight is 525 g/mol. The van der Waals surface area contributed by atoms with Gasteiger partial charge in [0.05, 0.1) is 11.2 Å². The molecule has 0 bridgehead atoms. The van der Waals surface area contributed by atoms with Crippen LogP contribution in [0.1, 0.15) is 0 Å². The summed E-state index contributed by atoms with van der Waals surface area (Å²) in [6, 6.07) is 59.7. The lowest BCUT2D eigenvalue weighted by Gasteiger charge is -2.26. The van der Waals surface area contributed by atoms with E-state index in [2.05, 4.69) is 163 Å². The fraction of sp³-hybridized carbons (Fsp3) is 0. The normalized spacial score (nSPS) is 10.9. The molecule has 7 aromatic rings. The molecule has 0 N–H and O–H groups in total. The molecule has 0 radical (unpaired) electrons. The quantitative estimate of drug-likeness (QED) is 0.215. The zero-order chi connectivity index (χ0) is 27.4. The van der Waals surface area contributed by atoms with Crippen LogP contribution < -0.4 is 4.90 Å². The summed E-state index contributed by atoms with van der Waals surface area (Å²) in [5, 5.41) is 1.13. The lowest BCUT2D eigenvalue weighted by atomic mass is 9.97. The van der Waals surface area contributed by atoms with Gasteiger partial charge in [0, 0.05) is 33.6 Å². The van der Waals surface area contributed by atoms with Crippen molar-refractivity contribution in [2.24, 2.45) is 0 Å². The molecule has 0 saturated heterocycles. The minimum absolute atomic E-state index is 0.994. The van der Waals surface area contributed by atoms with Gasteiger partial charge in [0.2, 0.25) is 0 Å². The van der Waals surface area contributed by atoms with E-state index >= 15 is 0 Å². The summed E-state index contributed by atoms with van der Waals surface area (Å²) in [6.07, 6.45) is 0. The van der Waals surface area contributed by atoms with Crippen LogP contribution in [0.5, 0.6) is 0 Å². The summed E-state index contributed by atoms with van der Waals surface area (Å²) in [7, 11) is 0. The van der Waals surface area contributed by atoms with Crippen LogP contribution in [0.15, 0.2) is 170 Å². The SMILES string of the molecule is c1ccc(-c2ccc(N(c3ccccc3)c3ccc(-c4cc5ccccc5nc4-c4ccccc4)cc3)cc2)cc1. The van der Waals surface area contributed by atoms with Gasteiger partial charge in [-0.25, -0.2) is 4.98 Å².